The van der Waals surface area contributed by atoms with Crippen molar-refractivity contribution in [3.05, 3.63) is 130 Å². The van der Waals surface area contributed by atoms with Gasteiger partial charge in [-0.05, 0) is 89.6 Å². The molecule has 0 aliphatic heterocycles. The summed E-state index contributed by atoms with van der Waals surface area (Å²) in [6.45, 7) is 0. The van der Waals surface area contributed by atoms with Crippen molar-refractivity contribution >= 4 is 74.9 Å². The summed E-state index contributed by atoms with van der Waals surface area (Å²) in [7, 11) is 0. The van der Waals surface area contributed by atoms with E-state index in [0.717, 1.165) is 8.95 Å². The zero-order valence-electron chi connectivity index (χ0n) is 19.3. The summed E-state index contributed by atoms with van der Waals surface area (Å²) in [4.78, 5) is 0. The van der Waals surface area contributed by atoms with Crippen LogP contribution < -0.4 is 0 Å². The molecular formula is C34H20Br2. The highest BCUT2D eigenvalue weighted by molar-refractivity contribution is 9.10. The molecule has 0 atom stereocenters. The van der Waals surface area contributed by atoms with Gasteiger partial charge in [0.05, 0.1) is 0 Å². The Labute approximate surface area is 226 Å². The topological polar surface area (TPSA) is 0 Å². The average Bonchev–Trinajstić information content (AvgIpc) is 2.93. The van der Waals surface area contributed by atoms with Crippen LogP contribution in [-0.4, -0.2) is 0 Å². The Morgan fingerprint density at radius 1 is 0.306 bits per heavy atom. The zero-order valence-corrected chi connectivity index (χ0v) is 22.5. The Morgan fingerprint density at radius 2 is 0.611 bits per heavy atom. The maximum Gasteiger partial charge on any atom is 0.0175 e. The lowest BCUT2D eigenvalue weighted by Crippen LogP contribution is -1.93. The van der Waals surface area contributed by atoms with Crippen molar-refractivity contribution in [2.24, 2.45) is 0 Å². The second-order valence-corrected chi connectivity index (χ2v) is 11.0. The van der Waals surface area contributed by atoms with Crippen LogP contribution in [-0.2, 0) is 0 Å². The molecule has 0 aliphatic carbocycles. The molecule has 170 valence electrons. The van der Waals surface area contributed by atoms with E-state index in [2.05, 4.69) is 153 Å². The third-order valence-electron chi connectivity index (χ3n) is 7.16. The largest absolute Gasteiger partial charge is 0.0616 e. The van der Waals surface area contributed by atoms with Crippen LogP contribution in [0.2, 0.25) is 0 Å². The third-order valence-corrected chi connectivity index (χ3v) is 8.22. The van der Waals surface area contributed by atoms with Gasteiger partial charge in [0.2, 0.25) is 0 Å². The minimum absolute atomic E-state index is 1.08. The van der Waals surface area contributed by atoms with Gasteiger partial charge in [-0.1, -0.05) is 129 Å². The monoisotopic (exact) mass is 586 g/mol. The highest BCUT2D eigenvalue weighted by atomic mass is 79.9. The predicted molar refractivity (Wildman–Crippen MR) is 163 cm³/mol. The molecule has 7 aromatic rings. The smallest absolute Gasteiger partial charge is 0.0175 e. The molecule has 0 saturated heterocycles. The maximum absolute atomic E-state index is 3.63. The molecule has 7 rings (SSSR count). The van der Waals surface area contributed by atoms with E-state index in [1.165, 1.54) is 65.3 Å². The third kappa shape index (κ3) is 3.32. The van der Waals surface area contributed by atoms with Crippen LogP contribution in [0.4, 0.5) is 0 Å². The van der Waals surface area contributed by atoms with E-state index in [1.807, 2.05) is 0 Å². The maximum atomic E-state index is 3.63. The van der Waals surface area contributed by atoms with Gasteiger partial charge in [0, 0.05) is 8.95 Å². The standard InChI is InChI=1S/C34H20Br2/c35-23-17-13-21(14-18-23)31-29-11-5-6-12-30(29)32(22-15-19-24(36)20-16-22)34-28-10-4-2-8-26(28)25-7-1-3-9-27(25)33(31)34/h1-20H. The predicted octanol–water partition coefficient (Wildman–Crippen LogP) is 11.2. The van der Waals surface area contributed by atoms with Crippen molar-refractivity contribution in [2.45, 2.75) is 0 Å². The first-order valence-corrected chi connectivity index (χ1v) is 13.6. The molecule has 0 amide bonds. The molecule has 0 nitrogen and oxygen atoms in total. The normalized spacial score (nSPS) is 11.6. The second kappa shape index (κ2) is 8.58. The summed E-state index contributed by atoms with van der Waals surface area (Å²) < 4.78 is 2.17. The lowest BCUT2D eigenvalue weighted by Gasteiger charge is -2.21. The Kier molecular flexibility index (Phi) is 5.20. The van der Waals surface area contributed by atoms with E-state index >= 15 is 0 Å². The van der Waals surface area contributed by atoms with Gasteiger partial charge in [-0.15, -0.1) is 0 Å². The molecule has 0 bridgehead atoms. The van der Waals surface area contributed by atoms with Crippen LogP contribution in [0, 0.1) is 0 Å². The quantitative estimate of drug-likeness (QED) is 0.139. The van der Waals surface area contributed by atoms with Crippen LogP contribution in [0.25, 0.3) is 65.3 Å². The molecule has 0 saturated carbocycles. The highest BCUT2D eigenvalue weighted by Crippen LogP contribution is 2.49. The molecule has 0 radical (unpaired) electrons. The Balaban J connectivity index is 1.85. The molecule has 0 N–H and O–H groups in total. The zero-order chi connectivity index (χ0) is 24.2. The Hall–Kier alpha value is -3.46. The SMILES string of the molecule is Brc1ccc(-c2c3ccccc3c(-c3ccc(Br)cc3)c3c4ccccc4c4ccccc4c23)cc1. The van der Waals surface area contributed by atoms with Gasteiger partial charge in [-0.25, -0.2) is 0 Å². The average molecular weight is 588 g/mol. The fourth-order valence-corrected chi connectivity index (χ4v) is 6.21. The Morgan fingerprint density at radius 3 is 0.972 bits per heavy atom. The summed E-state index contributed by atoms with van der Waals surface area (Å²) in [5.41, 5.74) is 5.02. The van der Waals surface area contributed by atoms with Crippen LogP contribution >= 0.6 is 31.9 Å². The lowest BCUT2D eigenvalue weighted by molar-refractivity contribution is 1.62. The van der Waals surface area contributed by atoms with Crippen molar-refractivity contribution in [3.8, 4) is 22.3 Å². The summed E-state index contributed by atoms with van der Waals surface area (Å²) in [6, 6.07) is 44.1. The van der Waals surface area contributed by atoms with E-state index in [4.69, 9.17) is 0 Å². The molecule has 0 spiro atoms. The first-order chi connectivity index (χ1) is 17.7. The molecule has 7 aromatic carbocycles. The molecule has 0 heterocycles. The molecule has 0 unspecified atom stereocenters. The minimum Gasteiger partial charge on any atom is -0.0616 e. The van der Waals surface area contributed by atoms with Crippen molar-refractivity contribution in [1.82, 2.24) is 0 Å². The van der Waals surface area contributed by atoms with E-state index in [0.29, 0.717) is 0 Å². The van der Waals surface area contributed by atoms with Gasteiger partial charge in [0.15, 0.2) is 0 Å². The van der Waals surface area contributed by atoms with Crippen LogP contribution in [0.5, 0.6) is 0 Å². The summed E-state index contributed by atoms with van der Waals surface area (Å²) >= 11 is 7.27. The molecule has 2 heteroatoms. The summed E-state index contributed by atoms with van der Waals surface area (Å²) in [5, 5.41) is 10.3. The van der Waals surface area contributed by atoms with Crippen LogP contribution in [0.1, 0.15) is 0 Å². The second-order valence-electron chi connectivity index (χ2n) is 9.15. The van der Waals surface area contributed by atoms with E-state index in [-0.39, 0.29) is 0 Å². The lowest BCUT2D eigenvalue weighted by atomic mass is 9.81. The highest BCUT2D eigenvalue weighted by Gasteiger charge is 2.21. The van der Waals surface area contributed by atoms with Gasteiger partial charge in [0.1, 0.15) is 0 Å². The molecule has 36 heavy (non-hydrogen) atoms. The van der Waals surface area contributed by atoms with Crippen molar-refractivity contribution in [1.29, 1.82) is 0 Å². The minimum atomic E-state index is 1.08. The number of fused-ring (bicyclic) bond motifs is 7. The Bertz CT molecular complexity index is 1790. The van der Waals surface area contributed by atoms with E-state index in [9.17, 15) is 0 Å². The molecule has 0 fully saturated rings. The summed E-state index contributed by atoms with van der Waals surface area (Å²) in [5.74, 6) is 0. The van der Waals surface area contributed by atoms with Gasteiger partial charge in [-0.2, -0.15) is 0 Å². The number of benzene rings is 7. The van der Waals surface area contributed by atoms with Crippen molar-refractivity contribution in [3.63, 3.8) is 0 Å². The van der Waals surface area contributed by atoms with Crippen LogP contribution in [0.15, 0.2) is 130 Å². The number of hydrogen-bond acceptors (Lipinski definition) is 0. The van der Waals surface area contributed by atoms with Crippen molar-refractivity contribution < 1.29 is 0 Å². The first-order valence-electron chi connectivity index (χ1n) is 12.0. The number of halogens is 2. The van der Waals surface area contributed by atoms with E-state index in [1.54, 1.807) is 0 Å². The first kappa shape index (κ1) is 21.8. The summed E-state index contributed by atoms with van der Waals surface area (Å²) in [6.07, 6.45) is 0. The van der Waals surface area contributed by atoms with E-state index < -0.39 is 0 Å². The molecule has 0 aliphatic rings. The van der Waals surface area contributed by atoms with Gasteiger partial charge < -0.3 is 0 Å². The fourth-order valence-electron chi connectivity index (χ4n) is 5.68. The van der Waals surface area contributed by atoms with Gasteiger partial charge >= 0.3 is 0 Å². The van der Waals surface area contributed by atoms with Gasteiger partial charge in [0.25, 0.3) is 0 Å². The van der Waals surface area contributed by atoms with Crippen LogP contribution in [0.3, 0.4) is 0 Å². The number of hydrogen-bond donors (Lipinski definition) is 0. The fraction of sp³-hybridized carbons (Fsp3) is 0. The molecular weight excluding hydrogens is 568 g/mol. The number of rotatable bonds is 2. The molecule has 0 aromatic heterocycles. The van der Waals surface area contributed by atoms with Crippen molar-refractivity contribution in [2.75, 3.05) is 0 Å². The van der Waals surface area contributed by atoms with Gasteiger partial charge in [-0.3, -0.25) is 0 Å².